The number of carbonyl (C=O) groups excluding carboxylic acids is 1. The zero-order valence-electron chi connectivity index (χ0n) is 8.97. The van der Waals surface area contributed by atoms with Gasteiger partial charge in [0.25, 0.3) is 0 Å². The highest BCUT2D eigenvalue weighted by atomic mass is 35.5. The quantitative estimate of drug-likeness (QED) is 0.627. The van der Waals surface area contributed by atoms with E-state index in [0.717, 1.165) is 25.4 Å². The highest BCUT2D eigenvalue weighted by molar-refractivity contribution is 6.17. The van der Waals surface area contributed by atoms with Gasteiger partial charge >= 0.3 is 0 Å². The molecule has 0 aromatic heterocycles. The van der Waals surface area contributed by atoms with Gasteiger partial charge in [0.15, 0.2) is 0 Å². The highest BCUT2D eigenvalue weighted by Gasteiger charge is 2.22. The Kier molecular flexibility index (Phi) is 5.31. The zero-order chi connectivity index (χ0) is 10.4. The van der Waals surface area contributed by atoms with Gasteiger partial charge in [0.05, 0.1) is 0 Å². The molecule has 1 rings (SSSR count). The predicted molar refractivity (Wildman–Crippen MR) is 59.5 cm³/mol. The van der Waals surface area contributed by atoms with E-state index in [2.05, 4.69) is 6.92 Å². The van der Waals surface area contributed by atoms with Gasteiger partial charge < -0.3 is 4.90 Å². The van der Waals surface area contributed by atoms with E-state index in [1.54, 1.807) is 0 Å². The van der Waals surface area contributed by atoms with Gasteiger partial charge in [-0.05, 0) is 32.1 Å². The van der Waals surface area contributed by atoms with Crippen molar-refractivity contribution >= 4 is 17.5 Å². The molecule has 0 spiro atoms. The molecule has 0 heterocycles. The zero-order valence-corrected chi connectivity index (χ0v) is 9.72. The third kappa shape index (κ3) is 3.49. The maximum Gasteiger partial charge on any atom is 0.222 e. The second-order valence-corrected chi connectivity index (χ2v) is 4.40. The summed E-state index contributed by atoms with van der Waals surface area (Å²) in [7, 11) is 0. The summed E-state index contributed by atoms with van der Waals surface area (Å²) in [5, 5.41) is 0. The van der Waals surface area contributed by atoms with E-state index in [-0.39, 0.29) is 5.91 Å². The number of amides is 1. The number of hydrogen-bond donors (Lipinski definition) is 0. The molecule has 0 aromatic rings. The molecule has 1 aliphatic rings. The largest absolute Gasteiger partial charge is 0.343 e. The van der Waals surface area contributed by atoms with Crippen molar-refractivity contribution in [3.63, 3.8) is 0 Å². The Balaban J connectivity index is 2.24. The lowest BCUT2D eigenvalue weighted by atomic mass is 9.85. The van der Waals surface area contributed by atoms with Crippen LogP contribution in [0.4, 0.5) is 0 Å². The van der Waals surface area contributed by atoms with Gasteiger partial charge in [0.1, 0.15) is 0 Å². The normalized spacial score (nSPS) is 16.4. The summed E-state index contributed by atoms with van der Waals surface area (Å²) >= 11 is 5.57. The van der Waals surface area contributed by atoms with Crippen molar-refractivity contribution < 1.29 is 4.79 Å². The minimum Gasteiger partial charge on any atom is -0.343 e. The number of halogens is 1. The average molecular weight is 218 g/mol. The van der Waals surface area contributed by atoms with E-state index in [1.807, 2.05) is 4.90 Å². The van der Waals surface area contributed by atoms with Gasteiger partial charge in [-0.2, -0.15) is 0 Å². The molecular weight excluding hydrogens is 198 g/mol. The average Bonchev–Trinajstić information content (AvgIpc) is 2.13. The Labute approximate surface area is 91.6 Å². The number of hydrogen-bond acceptors (Lipinski definition) is 1. The van der Waals surface area contributed by atoms with E-state index in [0.29, 0.717) is 12.3 Å². The summed E-state index contributed by atoms with van der Waals surface area (Å²) in [6.07, 6.45) is 5.38. The third-order valence-corrected chi connectivity index (χ3v) is 3.23. The molecule has 0 aromatic carbocycles. The highest BCUT2D eigenvalue weighted by Crippen LogP contribution is 2.27. The van der Waals surface area contributed by atoms with E-state index >= 15 is 0 Å². The topological polar surface area (TPSA) is 20.3 Å². The molecule has 0 bridgehead atoms. The number of rotatable bonds is 6. The van der Waals surface area contributed by atoms with Crippen molar-refractivity contribution in [2.45, 2.75) is 39.0 Å². The Morgan fingerprint density at radius 2 is 2.21 bits per heavy atom. The standard InChI is InChI=1S/C11H20ClNO/c1-2-13(9-10-5-3-6-10)11(14)7-4-8-12/h10H,2-9H2,1H3. The van der Waals surface area contributed by atoms with E-state index in [4.69, 9.17) is 11.6 Å². The van der Waals surface area contributed by atoms with Gasteiger partial charge in [0.2, 0.25) is 5.91 Å². The van der Waals surface area contributed by atoms with Gasteiger partial charge in [-0.3, -0.25) is 4.79 Å². The Bertz CT molecular complexity index is 180. The van der Waals surface area contributed by atoms with Crippen LogP contribution >= 0.6 is 11.6 Å². The van der Waals surface area contributed by atoms with Crippen molar-refractivity contribution in [1.82, 2.24) is 4.90 Å². The van der Waals surface area contributed by atoms with Crippen LogP contribution in [0.1, 0.15) is 39.0 Å². The molecule has 0 unspecified atom stereocenters. The Morgan fingerprint density at radius 1 is 1.50 bits per heavy atom. The third-order valence-electron chi connectivity index (χ3n) is 2.96. The molecule has 2 nitrogen and oxygen atoms in total. The van der Waals surface area contributed by atoms with E-state index < -0.39 is 0 Å². The Hall–Kier alpha value is -0.240. The van der Waals surface area contributed by atoms with Gasteiger partial charge in [-0.1, -0.05) is 6.42 Å². The molecule has 1 aliphatic carbocycles. The second kappa shape index (κ2) is 6.28. The van der Waals surface area contributed by atoms with E-state index in [1.165, 1.54) is 19.3 Å². The fourth-order valence-electron chi connectivity index (χ4n) is 1.77. The van der Waals surface area contributed by atoms with Gasteiger partial charge in [-0.25, -0.2) is 0 Å². The van der Waals surface area contributed by atoms with Crippen molar-refractivity contribution in [3.8, 4) is 0 Å². The van der Waals surface area contributed by atoms with Crippen LogP contribution < -0.4 is 0 Å². The maximum absolute atomic E-state index is 11.7. The first-order valence-corrected chi connectivity index (χ1v) is 6.15. The lowest BCUT2D eigenvalue weighted by Gasteiger charge is -2.31. The molecule has 1 fully saturated rings. The number of carbonyl (C=O) groups is 1. The van der Waals surface area contributed by atoms with Crippen LogP contribution in [0.5, 0.6) is 0 Å². The van der Waals surface area contributed by atoms with Crippen LogP contribution in [0.25, 0.3) is 0 Å². The summed E-state index contributed by atoms with van der Waals surface area (Å²) in [6.45, 7) is 3.87. The van der Waals surface area contributed by atoms with Crippen LogP contribution in [-0.2, 0) is 4.79 Å². The summed E-state index contributed by atoms with van der Waals surface area (Å²) in [5.41, 5.74) is 0. The fourth-order valence-corrected chi connectivity index (χ4v) is 1.90. The van der Waals surface area contributed by atoms with E-state index in [9.17, 15) is 4.79 Å². The molecule has 0 atom stereocenters. The maximum atomic E-state index is 11.7. The minimum atomic E-state index is 0.278. The lowest BCUT2D eigenvalue weighted by molar-refractivity contribution is -0.132. The lowest BCUT2D eigenvalue weighted by Crippen LogP contribution is -2.37. The molecule has 0 saturated heterocycles. The second-order valence-electron chi connectivity index (χ2n) is 4.02. The fraction of sp³-hybridized carbons (Fsp3) is 0.909. The van der Waals surface area contributed by atoms with Crippen LogP contribution in [0, 0.1) is 5.92 Å². The molecule has 0 N–H and O–H groups in total. The molecule has 14 heavy (non-hydrogen) atoms. The van der Waals surface area contributed by atoms with Crippen LogP contribution in [0.3, 0.4) is 0 Å². The van der Waals surface area contributed by atoms with Gasteiger partial charge in [0, 0.05) is 25.4 Å². The molecule has 1 amide bonds. The molecule has 1 saturated carbocycles. The first kappa shape index (κ1) is 11.8. The molecule has 3 heteroatoms. The monoisotopic (exact) mass is 217 g/mol. The summed E-state index contributed by atoms with van der Waals surface area (Å²) in [5.74, 6) is 1.64. The first-order chi connectivity index (χ1) is 6.77. The molecule has 82 valence electrons. The molecular formula is C11H20ClNO. The van der Waals surface area contributed by atoms with Crippen LogP contribution in [0.2, 0.25) is 0 Å². The first-order valence-electron chi connectivity index (χ1n) is 5.61. The summed E-state index contributed by atoms with van der Waals surface area (Å²) in [4.78, 5) is 13.7. The van der Waals surface area contributed by atoms with Crippen LogP contribution in [-0.4, -0.2) is 29.8 Å². The Morgan fingerprint density at radius 3 is 2.64 bits per heavy atom. The summed E-state index contributed by atoms with van der Waals surface area (Å²) < 4.78 is 0. The van der Waals surface area contributed by atoms with Crippen LogP contribution in [0.15, 0.2) is 0 Å². The predicted octanol–water partition coefficient (Wildman–Crippen LogP) is 2.65. The van der Waals surface area contributed by atoms with Gasteiger partial charge in [-0.15, -0.1) is 11.6 Å². The number of alkyl halides is 1. The smallest absolute Gasteiger partial charge is 0.222 e. The summed E-state index contributed by atoms with van der Waals surface area (Å²) in [6, 6.07) is 0. The van der Waals surface area contributed by atoms with Crippen molar-refractivity contribution in [2.24, 2.45) is 5.92 Å². The molecule has 0 aliphatic heterocycles. The van der Waals surface area contributed by atoms with Crippen molar-refractivity contribution in [1.29, 1.82) is 0 Å². The van der Waals surface area contributed by atoms with Crippen molar-refractivity contribution in [2.75, 3.05) is 19.0 Å². The molecule has 0 radical (unpaired) electrons. The minimum absolute atomic E-state index is 0.278. The van der Waals surface area contributed by atoms with Crippen molar-refractivity contribution in [3.05, 3.63) is 0 Å². The number of nitrogens with zero attached hydrogens (tertiary/aromatic N) is 1. The SMILES string of the molecule is CCN(CC1CCC1)C(=O)CCCCl.